The molecule has 1 aliphatic rings. The molecule has 1 aliphatic heterocycles. The third-order valence-electron chi connectivity index (χ3n) is 3.44. The van der Waals surface area contributed by atoms with Crippen LogP contribution < -0.4 is 5.73 Å². The Hall–Kier alpha value is -0.730. The number of hydrogen-bond donors (Lipinski definition) is 1. The Balaban J connectivity index is 2.05. The number of nitrogens with two attached hydrogens (primary N) is 1. The van der Waals surface area contributed by atoms with Crippen molar-refractivity contribution in [1.29, 1.82) is 0 Å². The molecule has 0 saturated carbocycles. The topological polar surface area (TPSA) is 26.0 Å². The molecule has 0 radical (unpaired) electrons. The van der Waals surface area contributed by atoms with Crippen molar-refractivity contribution in [3.63, 3.8) is 0 Å². The first-order valence-electron chi connectivity index (χ1n) is 5.89. The van der Waals surface area contributed by atoms with E-state index in [9.17, 15) is 0 Å². The van der Waals surface area contributed by atoms with Crippen LogP contribution in [0.5, 0.6) is 0 Å². The predicted molar refractivity (Wildman–Crippen MR) is 72.5 cm³/mol. The van der Waals surface area contributed by atoms with Crippen LogP contribution in [0.1, 0.15) is 25.3 Å². The van der Waals surface area contributed by atoms with Crippen molar-refractivity contribution in [1.82, 2.24) is 0 Å². The number of benzene rings is 1. The SMILES string of the molecule is CCC1([C@@H](N)Cc2ccccc2)CC=CS1. The van der Waals surface area contributed by atoms with E-state index < -0.39 is 0 Å². The zero-order chi connectivity index (χ0) is 11.4. The van der Waals surface area contributed by atoms with Gasteiger partial charge in [-0.05, 0) is 30.2 Å². The summed E-state index contributed by atoms with van der Waals surface area (Å²) in [5, 5.41) is 2.20. The summed E-state index contributed by atoms with van der Waals surface area (Å²) in [6, 6.07) is 10.8. The molecule has 0 bridgehead atoms. The smallest absolute Gasteiger partial charge is 0.0387 e. The maximum atomic E-state index is 6.40. The molecule has 0 fully saturated rings. The summed E-state index contributed by atoms with van der Waals surface area (Å²) >= 11 is 1.91. The molecular weight excluding hydrogens is 214 g/mol. The highest BCUT2D eigenvalue weighted by molar-refractivity contribution is 8.03. The number of hydrogen-bond acceptors (Lipinski definition) is 2. The maximum absolute atomic E-state index is 6.40. The maximum Gasteiger partial charge on any atom is 0.0387 e. The molecule has 1 heterocycles. The van der Waals surface area contributed by atoms with Gasteiger partial charge in [-0.1, -0.05) is 43.3 Å². The lowest BCUT2D eigenvalue weighted by atomic mass is 9.88. The largest absolute Gasteiger partial charge is 0.326 e. The third-order valence-corrected chi connectivity index (χ3v) is 4.99. The van der Waals surface area contributed by atoms with Crippen LogP contribution in [-0.4, -0.2) is 10.8 Å². The van der Waals surface area contributed by atoms with Gasteiger partial charge in [-0.15, -0.1) is 11.8 Å². The molecule has 0 aliphatic carbocycles. The Morgan fingerprint density at radius 1 is 1.38 bits per heavy atom. The first kappa shape index (κ1) is 11.7. The molecule has 2 N–H and O–H groups in total. The van der Waals surface area contributed by atoms with E-state index >= 15 is 0 Å². The minimum Gasteiger partial charge on any atom is -0.326 e. The summed E-state index contributed by atoms with van der Waals surface area (Å²) in [6.07, 6.45) is 5.48. The Kier molecular flexibility index (Phi) is 3.72. The van der Waals surface area contributed by atoms with E-state index in [4.69, 9.17) is 5.73 Å². The van der Waals surface area contributed by atoms with E-state index in [1.54, 1.807) is 0 Å². The van der Waals surface area contributed by atoms with Crippen molar-refractivity contribution in [2.75, 3.05) is 0 Å². The molecule has 1 aromatic carbocycles. The molecule has 86 valence electrons. The first-order chi connectivity index (χ1) is 7.77. The van der Waals surface area contributed by atoms with Gasteiger partial charge in [-0.2, -0.15) is 0 Å². The molecule has 0 saturated heterocycles. The fraction of sp³-hybridized carbons (Fsp3) is 0.429. The van der Waals surface area contributed by atoms with E-state index in [0.717, 1.165) is 19.3 Å². The van der Waals surface area contributed by atoms with Crippen LogP contribution in [0.25, 0.3) is 0 Å². The summed E-state index contributed by atoms with van der Waals surface area (Å²) in [4.78, 5) is 0. The van der Waals surface area contributed by atoms with Crippen molar-refractivity contribution in [3.8, 4) is 0 Å². The van der Waals surface area contributed by atoms with Gasteiger partial charge in [-0.3, -0.25) is 0 Å². The highest BCUT2D eigenvalue weighted by Crippen LogP contribution is 2.42. The van der Waals surface area contributed by atoms with Crippen LogP contribution in [0.2, 0.25) is 0 Å². The average Bonchev–Trinajstić information content (AvgIpc) is 2.80. The van der Waals surface area contributed by atoms with Crippen LogP contribution in [0, 0.1) is 0 Å². The van der Waals surface area contributed by atoms with Gasteiger partial charge in [0.15, 0.2) is 0 Å². The Labute approximate surface area is 102 Å². The van der Waals surface area contributed by atoms with Gasteiger partial charge in [-0.25, -0.2) is 0 Å². The first-order valence-corrected chi connectivity index (χ1v) is 6.77. The van der Waals surface area contributed by atoms with Crippen molar-refractivity contribution < 1.29 is 0 Å². The van der Waals surface area contributed by atoms with Gasteiger partial charge in [0.2, 0.25) is 0 Å². The van der Waals surface area contributed by atoms with Crippen LogP contribution in [0.15, 0.2) is 41.8 Å². The van der Waals surface area contributed by atoms with Gasteiger partial charge in [0.25, 0.3) is 0 Å². The summed E-state index contributed by atoms with van der Waals surface area (Å²) in [6.45, 7) is 2.24. The van der Waals surface area contributed by atoms with E-state index in [2.05, 4.69) is 48.7 Å². The molecule has 0 amide bonds. The van der Waals surface area contributed by atoms with Gasteiger partial charge >= 0.3 is 0 Å². The Bertz CT molecular complexity index is 350. The molecule has 2 heteroatoms. The number of rotatable bonds is 4. The van der Waals surface area contributed by atoms with E-state index in [0.29, 0.717) is 0 Å². The summed E-state index contributed by atoms with van der Waals surface area (Å²) in [5.41, 5.74) is 7.74. The zero-order valence-corrected chi connectivity index (χ0v) is 10.5. The number of allylic oxidation sites excluding steroid dienone is 1. The molecule has 1 unspecified atom stereocenters. The quantitative estimate of drug-likeness (QED) is 0.863. The van der Waals surface area contributed by atoms with E-state index in [1.807, 2.05) is 11.8 Å². The van der Waals surface area contributed by atoms with Crippen LogP contribution in [0.3, 0.4) is 0 Å². The van der Waals surface area contributed by atoms with Gasteiger partial charge in [0.1, 0.15) is 0 Å². The van der Waals surface area contributed by atoms with E-state index in [-0.39, 0.29) is 10.8 Å². The second-order valence-corrected chi connectivity index (χ2v) is 5.73. The highest BCUT2D eigenvalue weighted by Gasteiger charge is 2.36. The molecule has 1 nitrogen and oxygen atoms in total. The van der Waals surface area contributed by atoms with Gasteiger partial charge in [0, 0.05) is 10.8 Å². The average molecular weight is 233 g/mol. The molecule has 2 atom stereocenters. The lowest BCUT2D eigenvalue weighted by Gasteiger charge is -2.33. The van der Waals surface area contributed by atoms with Crippen molar-refractivity contribution in [2.45, 2.75) is 37.0 Å². The Morgan fingerprint density at radius 3 is 2.69 bits per heavy atom. The molecule has 0 spiro atoms. The van der Waals surface area contributed by atoms with Gasteiger partial charge in [0.05, 0.1) is 0 Å². The molecule has 0 aromatic heterocycles. The minimum absolute atomic E-state index is 0.232. The second-order valence-electron chi connectivity index (χ2n) is 4.41. The lowest BCUT2D eigenvalue weighted by molar-refractivity contribution is 0.461. The van der Waals surface area contributed by atoms with Gasteiger partial charge < -0.3 is 5.73 Å². The molecular formula is C14H19NS. The predicted octanol–water partition coefficient (Wildman–Crippen LogP) is 3.36. The zero-order valence-electron chi connectivity index (χ0n) is 9.73. The highest BCUT2D eigenvalue weighted by atomic mass is 32.2. The van der Waals surface area contributed by atoms with Crippen LogP contribution >= 0.6 is 11.8 Å². The summed E-state index contributed by atoms with van der Waals surface area (Å²) < 4.78 is 0.232. The fourth-order valence-electron chi connectivity index (χ4n) is 2.26. The fourth-order valence-corrected chi connectivity index (χ4v) is 3.34. The summed E-state index contributed by atoms with van der Waals surface area (Å²) in [7, 11) is 0. The van der Waals surface area contributed by atoms with Crippen molar-refractivity contribution >= 4 is 11.8 Å². The molecule has 16 heavy (non-hydrogen) atoms. The lowest BCUT2D eigenvalue weighted by Crippen LogP contribution is -2.44. The normalized spacial score (nSPS) is 25.9. The van der Waals surface area contributed by atoms with Crippen LogP contribution in [-0.2, 0) is 6.42 Å². The standard InChI is InChI=1S/C14H19NS/c1-2-14(9-6-10-16-14)13(15)11-12-7-4-3-5-8-12/h3-8,10,13H,2,9,11,15H2,1H3/t13-,14?/m0/s1. The molecule has 1 aromatic rings. The monoisotopic (exact) mass is 233 g/mol. The second kappa shape index (κ2) is 5.07. The van der Waals surface area contributed by atoms with Crippen molar-refractivity contribution in [3.05, 3.63) is 47.4 Å². The van der Waals surface area contributed by atoms with E-state index in [1.165, 1.54) is 5.56 Å². The molecule has 2 rings (SSSR count). The minimum atomic E-state index is 0.232. The summed E-state index contributed by atoms with van der Waals surface area (Å²) in [5.74, 6) is 0. The van der Waals surface area contributed by atoms with Crippen LogP contribution in [0.4, 0.5) is 0 Å². The number of thioether (sulfide) groups is 1. The van der Waals surface area contributed by atoms with Crippen molar-refractivity contribution in [2.24, 2.45) is 5.73 Å². The third kappa shape index (κ3) is 2.33. The Morgan fingerprint density at radius 2 is 2.12 bits per heavy atom.